The third-order valence-electron chi connectivity index (χ3n) is 3.88. The quantitative estimate of drug-likeness (QED) is 0.574. The van der Waals surface area contributed by atoms with E-state index in [1.54, 1.807) is 0 Å². The van der Waals surface area contributed by atoms with E-state index in [2.05, 4.69) is 62.4 Å². The Morgan fingerprint density at radius 2 is 1.76 bits per heavy atom. The van der Waals surface area contributed by atoms with Crippen LogP contribution in [0.15, 0.2) is 0 Å². The molecule has 0 saturated heterocycles. The van der Waals surface area contributed by atoms with Crippen molar-refractivity contribution in [2.45, 2.75) is 66.8 Å². The van der Waals surface area contributed by atoms with Crippen LogP contribution in [0, 0.1) is 11.3 Å². The Morgan fingerprint density at radius 1 is 1.18 bits per heavy atom. The van der Waals surface area contributed by atoms with Crippen LogP contribution in [0.1, 0.15) is 60.8 Å². The molecule has 0 aliphatic rings. The molecular formula is C15H32BrN. The van der Waals surface area contributed by atoms with Gasteiger partial charge in [-0.2, -0.15) is 0 Å². The summed E-state index contributed by atoms with van der Waals surface area (Å²) in [6, 6.07) is 0.713. The Labute approximate surface area is 117 Å². The first-order chi connectivity index (χ1) is 7.86. The molecule has 0 aliphatic carbocycles. The molecule has 2 heteroatoms. The summed E-state index contributed by atoms with van der Waals surface area (Å²) in [6.45, 7) is 16.5. The molecule has 0 fully saturated rings. The molecule has 0 rings (SSSR count). The fourth-order valence-corrected chi connectivity index (χ4v) is 3.12. The van der Waals surface area contributed by atoms with Crippen LogP contribution in [0.3, 0.4) is 0 Å². The molecule has 0 heterocycles. The van der Waals surface area contributed by atoms with Crippen molar-refractivity contribution in [2.24, 2.45) is 11.3 Å². The average molecular weight is 306 g/mol. The van der Waals surface area contributed by atoms with Gasteiger partial charge in [-0.3, -0.25) is 0 Å². The predicted octanol–water partition coefficient (Wildman–Crippen LogP) is 4.94. The molecule has 0 saturated carbocycles. The van der Waals surface area contributed by atoms with Gasteiger partial charge in [0.15, 0.2) is 0 Å². The minimum atomic E-state index is 0.390. The van der Waals surface area contributed by atoms with E-state index in [1.165, 1.54) is 32.4 Å². The van der Waals surface area contributed by atoms with Gasteiger partial charge in [-0.1, -0.05) is 57.0 Å². The van der Waals surface area contributed by atoms with Crippen LogP contribution in [0.2, 0.25) is 0 Å². The van der Waals surface area contributed by atoms with Gasteiger partial charge >= 0.3 is 0 Å². The molecule has 0 aromatic rings. The van der Waals surface area contributed by atoms with Crippen LogP contribution in [0.5, 0.6) is 0 Å². The second kappa shape index (κ2) is 8.53. The van der Waals surface area contributed by atoms with Gasteiger partial charge in [-0.15, -0.1) is 0 Å². The number of hydrogen-bond acceptors (Lipinski definition) is 1. The average Bonchev–Trinajstić information content (AvgIpc) is 2.26. The lowest BCUT2D eigenvalue weighted by molar-refractivity contribution is 0.128. The maximum absolute atomic E-state index is 3.69. The Hall–Kier alpha value is 0.440. The van der Waals surface area contributed by atoms with Crippen molar-refractivity contribution in [1.29, 1.82) is 0 Å². The fraction of sp³-hybridized carbons (Fsp3) is 1.00. The van der Waals surface area contributed by atoms with Crippen LogP contribution in [-0.2, 0) is 0 Å². The van der Waals surface area contributed by atoms with E-state index in [-0.39, 0.29) is 0 Å². The minimum absolute atomic E-state index is 0.390. The Bertz CT molecular complexity index is 186. The van der Waals surface area contributed by atoms with E-state index in [1.807, 2.05) is 0 Å². The summed E-state index contributed by atoms with van der Waals surface area (Å²) in [5, 5.41) is 1.11. The monoisotopic (exact) mass is 305 g/mol. The van der Waals surface area contributed by atoms with E-state index in [9.17, 15) is 0 Å². The van der Waals surface area contributed by atoms with Crippen LogP contribution < -0.4 is 0 Å². The first-order valence-electron chi connectivity index (χ1n) is 7.16. The fourth-order valence-electron chi connectivity index (χ4n) is 1.95. The third kappa shape index (κ3) is 6.81. The molecule has 0 spiro atoms. The number of alkyl halides is 1. The van der Waals surface area contributed by atoms with Crippen molar-refractivity contribution < 1.29 is 0 Å². The maximum atomic E-state index is 3.69. The molecule has 0 aromatic heterocycles. The van der Waals surface area contributed by atoms with Gasteiger partial charge in [0, 0.05) is 17.9 Å². The lowest BCUT2D eigenvalue weighted by Crippen LogP contribution is -2.41. The molecule has 0 amide bonds. The molecule has 2 atom stereocenters. The van der Waals surface area contributed by atoms with Gasteiger partial charge in [0.05, 0.1) is 0 Å². The summed E-state index contributed by atoms with van der Waals surface area (Å²) in [5.41, 5.74) is 0.390. The molecule has 0 aromatic carbocycles. The van der Waals surface area contributed by atoms with Gasteiger partial charge in [-0.25, -0.2) is 0 Å². The van der Waals surface area contributed by atoms with Crippen LogP contribution in [-0.4, -0.2) is 29.4 Å². The molecule has 17 heavy (non-hydrogen) atoms. The zero-order valence-electron chi connectivity index (χ0n) is 12.7. The minimum Gasteiger partial charge on any atom is -0.300 e. The lowest BCUT2D eigenvalue weighted by Gasteiger charge is -2.37. The summed E-state index contributed by atoms with van der Waals surface area (Å²) in [5.74, 6) is 0.730. The smallest absolute Gasteiger partial charge is 0.00768 e. The van der Waals surface area contributed by atoms with Crippen molar-refractivity contribution in [3.63, 3.8) is 0 Å². The maximum Gasteiger partial charge on any atom is 0.00768 e. The van der Waals surface area contributed by atoms with Crippen LogP contribution >= 0.6 is 15.9 Å². The van der Waals surface area contributed by atoms with Gasteiger partial charge in [0.2, 0.25) is 0 Å². The van der Waals surface area contributed by atoms with Gasteiger partial charge in [0.1, 0.15) is 0 Å². The topological polar surface area (TPSA) is 3.24 Å². The third-order valence-corrected chi connectivity index (χ3v) is 4.66. The number of hydrogen-bond donors (Lipinski definition) is 0. The largest absolute Gasteiger partial charge is 0.300 e. The zero-order valence-corrected chi connectivity index (χ0v) is 14.3. The zero-order chi connectivity index (χ0) is 13.5. The summed E-state index contributed by atoms with van der Waals surface area (Å²) >= 11 is 3.69. The number of unbranched alkanes of at least 4 members (excludes halogenated alkanes) is 1. The van der Waals surface area contributed by atoms with E-state index in [4.69, 9.17) is 0 Å². The SMILES string of the molecule is CCCCN(CC(CBr)C(C)(C)C)C(C)CC. The summed E-state index contributed by atoms with van der Waals surface area (Å²) in [4.78, 5) is 2.68. The lowest BCUT2D eigenvalue weighted by atomic mass is 9.81. The number of nitrogens with zero attached hydrogens (tertiary/aromatic N) is 1. The van der Waals surface area contributed by atoms with Gasteiger partial charge < -0.3 is 4.90 Å². The predicted molar refractivity (Wildman–Crippen MR) is 83.0 cm³/mol. The van der Waals surface area contributed by atoms with E-state index < -0.39 is 0 Å². The van der Waals surface area contributed by atoms with Crippen molar-refractivity contribution in [3.05, 3.63) is 0 Å². The summed E-state index contributed by atoms with van der Waals surface area (Å²) in [6.07, 6.45) is 3.87. The highest BCUT2D eigenvalue weighted by molar-refractivity contribution is 9.09. The second-order valence-electron chi connectivity index (χ2n) is 6.32. The molecule has 104 valence electrons. The first-order valence-corrected chi connectivity index (χ1v) is 8.28. The van der Waals surface area contributed by atoms with E-state index in [0.717, 1.165) is 11.2 Å². The van der Waals surface area contributed by atoms with Crippen LogP contribution in [0.25, 0.3) is 0 Å². The Kier molecular flexibility index (Phi) is 8.75. The first kappa shape index (κ1) is 17.4. The highest BCUT2D eigenvalue weighted by Crippen LogP contribution is 2.29. The molecule has 0 aliphatic heterocycles. The van der Waals surface area contributed by atoms with Crippen molar-refractivity contribution in [3.8, 4) is 0 Å². The molecule has 0 radical (unpaired) electrons. The van der Waals surface area contributed by atoms with E-state index in [0.29, 0.717) is 11.5 Å². The second-order valence-corrected chi connectivity index (χ2v) is 6.97. The standard InChI is InChI=1S/C15H32BrN/c1-7-9-10-17(13(3)8-2)12-14(11-16)15(4,5)6/h13-14H,7-12H2,1-6H3. The van der Waals surface area contributed by atoms with Crippen molar-refractivity contribution in [2.75, 3.05) is 18.4 Å². The normalized spacial score (nSPS) is 16.2. The molecule has 1 nitrogen and oxygen atoms in total. The summed E-state index contributed by atoms with van der Waals surface area (Å²) in [7, 11) is 0. The molecular weight excluding hydrogens is 274 g/mol. The van der Waals surface area contributed by atoms with E-state index >= 15 is 0 Å². The molecule has 0 N–H and O–H groups in total. The van der Waals surface area contributed by atoms with Crippen molar-refractivity contribution in [1.82, 2.24) is 4.90 Å². The van der Waals surface area contributed by atoms with Gasteiger partial charge in [0.25, 0.3) is 0 Å². The Morgan fingerprint density at radius 3 is 2.12 bits per heavy atom. The van der Waals surface area contributed by atoms with Crippen LogP contribution in [0.4, 0.5) is 0 Å². The number of rotatable bonds is 8. The highest BCUT2D eigenvalue weighted by Gasteiger charge is 2.26. The highest BCUT2D eigenvalue weighted by atomic mass is 79.9. The van der Waals surface area contributed by atoms with Gasteiger partial charge in [-0.05, 0) is 37.6 Å². The number of halogens is 1. The Balaban J connectivity index is 4.48. The molecule has 2 unspecified atom stereocenters. The molecule has 0 bridgehead atoms. The van der Waals surface area contributed by atoms with Crippen molar-refractivity contribution >= 4 is 15.9 Å². The summed E-state index contributed by atoms with van der Waals surface area (Å²) < 4.78 is 0.